The van der Waals surface area contributed by atoms with Gasteiger partial charge in [-0.15, -0.1) is 0 Å². The third-order valence-corrected chi connectivity index (χ3v) is 1.51. The van der Waals surface area contributed by atoms with Crippen LogP contribution in [-0.2, 0) is 11.3 Å². The Bertz CT molecular complexity index is 353. The average Bonchev–Trinajstić information content (AvgIpc) is 2.41. The number of aryl methyl sites for hydroxylation is 1. The Balaban J connectivity index is 2.59. The number of hydrogen-bond acceptors (Lipinski definition) is 4. The molecule has 0 bridgehead atoms. The molecular formula is C6H10N4O3. The SMILES string of the molecule is NNC(=O)CCn1cc(O)[nH]c1=O. The number of aromatic hydroxyl groups is 1. The van der Waals surface area contributed by atoms with Crippen LogP contribution in [0.3, 0.4) is 0 Å². The molecule has 13 heavy (non-hydrogen) atoms. The van der Waals surface area contributed by atoms with Crippen molar-refractivity contribution in [2.75, 3.05) is 0 Å². The van der Waals surface area contributed by atoms with Crippen LogP contribution in [0.2, 0.25) is 0 Å². The molecule has 0 aliphatic carbocycles. The molecule has 0 fully saturated rings. The predicted octanol–water partition coefficient (Wildman–Crippen LogP) is -1.74. The first-order valence-electron chi connectivity index (χ1n) is 3.61. The number of hydrogen-bond donors (Lipinski definition) is 4. The van der Waals surface area contributed by atoms with E-state index < -0.39 is 5.69 Å². The summed E-state index contributed by atoms with van der Waals surface area (Å²) in [6.45, 7) is 0.179. The van der Waals surface area contributed by atoms with E-state index >= 15 is 0 Å². The molecule has 0 radical (unpaired) electrons. The summed E-state index contributed by atoms with van der Waals surface area (Å²) in [5.74, 6) is 4.24. The maximum Gasteiger partial charge on any atom is 0.328 e. The van der Waals surface area contributed by atoms with Gasteiger partial charge in [0.2, 0.25) is 11.8 Å². The molecule has 1 aromatic heterocycles. The van der Waals surface area contributed by atoms with Crippen molar-refractivity contribution in [3.05, 3.63) is 16.7 Å². The summed E-state index contributed by atoms with van der Waals surface area (Å²) >= 11 is 0. The van der Waals surface area contributed by atoms with Gasteiger partial charge in [-0.25, -0.2) is 10.6 Å². The van der Waals surface area contributed by atoms with Crippen LogP contribution in [0.15, 0.2) is 11.0 Å². The van der Waals surface area contributed by atoms with Crippen LogP contribution in [0, 0.1) is 0 Å². The second kappa shape index (κ2) is 3.76. The first-order chi connectivity index (χ1) is 6.13. The highest BCUT2D eigenvalue weighted by Crippen LogP contribution is 1.98. The zero-order chi connectivity index (χ0) is 9.84. The van der Waals surface area contributed by atoms with Gasteiger partial charge in [0.05, 0.1) is 6.20 Å². The van der Waals surface area contributed by atoms with E-state index in [1.54, 1.807) is 0 Å². The van der Waals surface area contributed by atoms with Gasteiger partial charge in [0.25, 0.3) is 0 Å². The lowest BCUT2D eigenvalue weighted by atomic mass is 10.4. The Morgan fingerprint density at radius 1 is 1.77 bits per heavy atom. The fraction of sp³-hybridized carbons (Fsp3) is 0.333. The maximum atomic E-state index is 10.9. The van der Waals surface area contributed by atoms with Crippen molar-refractivity contribution in [1.82, 2.24) is 15.0 Å². The summed E-state index contributed by atoms with van der Waals surface area (Å²) in [6.07, 6.45) is 1.31. The van der Waals surface area contributed by atoms with Crippen molar-refractivity contribution < 1.29 is 9.90 Å². The third kappa shape index (κ3) is 2.34. The molecule has 1 heterocycles. The lowest BCUT2D eigenvalue weighted by molar-refractivity contribution is -0.121. The number of aromatic nitrogens is 2. The summed E-state index contributed by atoms with van der Waals surface area (Å²) in [7, 11) is 0. The molecule has 7 nitrogen and oxygen atoms in total. The number of nitrogens with two attached hydrogens (primary N) is 1. The topological polar surface area (TPSA) is 113 Å². The van der Waals surface area contributed by atoms with E-state index in [2.05, 4.69) is 4.98 Å². The number of rotatable bonds is 3. The minimum absolute atomic E-state index is 0.0910. The Hall–Kier alpha value is -1.76. The minimum Gasteiger partial charge on any atom is -0.493 e. The molecule has 0 saturated carbocycles. The van der Waals surface area contributed by atoms with E-state index in [9.17, 15) is 9.59 Å². The lowest BCUT2D eigenvalue weighted by Gasteiger charge is -1.98. The number of carbonyl (C=O) groups is 1. The quantitative estimate of drug-likeness (QED) is 0.255. The molecular weight excluding hydrogens is 176 g/mol. The smallest absolute Gasteiger partial charge is 0.328 e. The molecule has 1 amide bonds. The number of hydrazine groups is 1. The number of carbonyl (C=O) groups excluding carboxylic acids is 1. The normalized spacial score (nSPS) is 9.92. The van der Waals surface area contributed by atoms with E-state index in [0.29, 0.717) is 0 Å². The Labute approximate surface area is 73.1 Å². The van der Waals surface area contributed by atoms with E-state index in [0.717, 1.165) is 0 Å². The number of nitrogens with one attached hydrogen (secondary N) is 2. The Kier molecular flexibility index (Phi) is 2.70. The number of nitrogens with zero attached hydrogens (tertiary/aromatic N) is 1. The molecule has 0 saturated heterocycles. The first kappa shape index (κ1) is 9.33. The van der Waals surface area contributed by atoms with Crippen LogP contribution in [0.1, 0.15) is 6.42 Å². The zero-order valence-electron chi connectivity index (χ0n) is 6.78. The predicted molar refractivity (Wildman–Crippen MR) is 43.7 cm³/mol. The highest BCUT2D eigenvalue weighted by Gasteiger charge is 2.03. The molecule has 1 rings (SSSR count). The van der Waals surface area contributed by atoms with Gasteiger partial charge in [0, 0.05) is 13.0 Å². The van der Waals surface area contributed by atoms with Gasteiger partial charge in [0.1, 0.15) is 0 Å². The lowest BCUT2D eigenvalue weighted by Crippen LogP contribution is -2.31. The number of imidazole rings is 1. The van der Waals surface area contributed by atoms with Crippen molar-refractivity contribution in [3.63, 3.8) is 0 Å². The van der Waals surface area contributed by atoms with Crippen molar-refractivity contribution in [3.8, 4) is 5.88 Å². The van der Waals surface area contributed by atoms with E-state index in [1.807, 2.05) is 5.43 Å². The van der Waals surface area contributed by atoms with Crippen LogP contribution in [-0.4, -0.2) is 20.6 Å². The largest absolute Gasteiger partial charge is 0.493 e. The standard InChI is InChI=1S/C6H10N4O3/c7-9-4(11)1-2-10-3-5(12)8-6(10)13/h3,12H,1-2,7H2,(H,8,13)(H,9,11). The van der Waals surface area contributed by atoms with Gasteiger partial charge < -0.3 is 5.11 Å². The van der Waals surface area contributed by atoms with E-state index in [1.165, 1.54) is 10.8 Å². The highest BCUT2D eigenvalue weighted by atomic mass is 16.3. The molecule has 0 aromatic carbocycles. The monoisotopic (exact) mass is 186 g/mol. The van der Waals surface area contributed by atoms with Gasteiger partial charge in [-0.05, 0) is 0 Å². The summed E-state index contributed by atoms with van der Waals surface area (Å²) in [6, 6.07) is 0. The van der Waals surface area contributed by atoms with Crippen LogP contribution >= 0.6 is 0 Å². The van der Waals surface area contributed by atoms with Gasteiger partial charge in [-0.3, -0.25) is 19.8 Å². The van der Waals surface area contributed by atoms with Gasteiger partial charge in [-0.2, -0.15) is 0 Å². The fourth-order valence-corrected chi connectivity index (χ4v) is 0.880. The van der Waals surface area contributed by atoms with Crippen molar-refractivity contribution in [2.45, 2.75) is 13.0 Å². The van der Waals surface area contributed by atoms with E-state index in [-0.39, 0.29) is 24.8 Å². The molecule has 0 aliphatic heterocycles. The first-order valence-corrected chi connectivity index (χ1v) is 3.61. The highest BCUT2D eigenvalue weighted by molar-refractivity contribution is 5.74. The molecule has 5 N–H and O–H groups in total. The summed E-state index contributed by atoms with van der Waals surface area (Å²) in [5, 5.41) is 8.85. The van der Waals surface area contributed by atoms with Crippen molar-refractivity contribution >= 4 is 5.91 Å². The fourth-order valence-electron chi connectivity index (χ4n) is 0.880. The van der Waals surface area contributed by atoms with Crippen LogP contribution in [0.5, 0.6) is 5.88 Å². The van der Waals surface area contributed by atoms with E-state index in [4.69, 9.17) is 10.9 Å². The van der Waals surface area contributed by atoms with Crippen molar-refractivity contribution in [1.29, 1.82) is 0 Å². The number of amides is 1. The number of aromatic amines is 1. The average molecular weight is 186 g/mol. The molecule has 72 valence electrons. The van der Waals surface area contributed by atoms with Gasteiger partial charge >= 0.3 is 5.69 Å². The van der Waals surface area contributed by atoms with Crippen LogP contribution < -0.4 is 17.0 Å². The molecule has 0 unspecified atom stereocenters. The number of H-pyrrole nitrogens is 1. The van der Waals surface area contributed by atoms with Crippen LogP contribution in [0.4, 0.5) is 0 Å². The third-order valence-electron chi connectivity index (χ3n) is 1.51. The molecule has 7 heteroatoms. The molecule has 0 spiro atoms. The summed E-state index contributed by atoms with van der Waals surface area (Å²) < 4.78 is 1.19. The van der Waals surface area contributed by atoms with Crippen molar-refractivity contribution in [2.24, 2.45) is 5.84 Å². The van der Waals surface area contributed by atoms with Gasteiger partial charge in [0.15, 0.2) is 0 Å². The summed E-state index contributed by atoms with van der Waals surface area (Å²) in [5.41, 5.74) is 1.48. The Morgan fingerprint density at radius 2 is 2.46 bits per heavy atom. The molecule has 1 aromatic rings. The summed E-state index contributed by atoms with van der Waals surface area (Å²) in [4.78, 5) is 23.8. The Morgan fingerprint density at radius 3 is 2.92 bits per heavy atom. The zero-order valence-corrected chi connectivity index (χ0v) is 6.78. The van der Waals surface area contributed by atoms with Gasteiger partial charge in [-0.1, -0.05) is 0 Å². The van der Waals surface area contributed by atoms with Crippen LogP contribution in [0.25, 0.3) is 0 Å². The molecule has 0 atom stereocenters. The maximum absolute atomic E-state index is 10.9. The molecule has 0 aliphatic rings. The second-order valence-corrected chi connectivity index (χ2v) is 2.46. The minimum atomic E-state index is -0.456. The second-order valence-electron chi connectivity index (χ2n) is 2.46.